The summed E-state index contributed by atoms with van der Waals surface area (Å²) in [7, 11) is 0. The largest absolute Gasteiger partial charge is 0.462 e. The molecule has 0 fully saturated rings. The van der Waals surface area contributed by atoms with Gasteiger partial charge in [0.1, 0.15) is 13.2 Å². The smallest absolute Gasteiger partial charge is 0.306 e. The maximum absolute atomic E-state index is 12.7. The van der Waals surface area contributed by atoms with Crippen molar-refractivity contribution in [1.29, 1.82) is 0 Å². The fraction of sp³-hybridized carbons (Fsp3) is 0.783. The predicted molar refractivity (Wildman–Crippen MR) is 284 cm³/mol. The van der Waals surface area contributed by atoms with Crippen LogP contribution in [0.1, 0.15) is 284 Å². The minimum absolute atomic E-state index is 0.0702. The van der Waals surface area contributed by atoms with Crippen LogP contribution >= 0.6 is 0 Å². The zero-order valence-electron chi connectivity index (χ0n) is 43.7. The van der Waals surface area contributed by atoms with Crippen LogP contribution in [0.15, 0.2) is 60.8 Å². The number of hydrogen-bond acceptors (Lipinski definition) is 6. The van der Waals surface area contributed by atoms with E-state index in [0.717, 1.165) is 96.3 Å². The Balaban J connectivity index is 3.94. The molecule has 1 unspecified atom stereocenters. The zero-order chi connectivity index (χ0) is 47.9. The van der Waals surface area contributed by atoms with Crippen LogP contribution in [0.5, 0.6) is 0 Å². The van der Waals surface area contributed by atoms with Gasteiger partial charge in [-0.05, 0) is 64.2 Å². The standard InChI is InChI=1S/C60H106O6/c1-4-7-10-13-15-17-19-21-22-23-24-25-26-27-28-29-30-31-32-33-34-35-36-37-38-39-41-42-44-47-50-53-59(62)65-56-57(55-64-58(61)52-49-46-12-9-6-3)66-60(63)54-51-48-45-43-40-20-18-16-14-11-8-5-2/h7,10,15,17,21-22,24-25,27-28,57H,4-6,8-9,11-14,16,18-20,23,26,29-56H2,1-3H3/b10-7-,17-15-,22-21-,25-24-,28-27-. The Kier molecular flexibility index (Phi) is 52.3. The molecule has 0 rings (SSSR count). The Morgan fingerprint density at radius 1 is 0.318 bits per heavy atom. The van der Waals surface area contributed by atoms with Crippen LogP contribution in [0.2, 0.25) is 0 Å². The highest BCUT2D eigenvalue weighted by molar-refractivity contribution is 5.71. The number of rotatable bonds is 51. The van der Waals surface area contributed by atoms with Crippen LogP contribution in [-0.4, -0.2) is 37.2 Å². The Labute approximate surface area is 409 Å². The molecule has 0 N–H and O–H groups in total. The van der Waals surface area contributed by atoms with Crippen molar-refractivity contribution in [1.82, 2.24) is 0 Å². The summed E-state index contributed by atoms with van der Waals surface area (Å²) in [6, 6.07) is 0. The lowest BCUT2D eigenvalue weighted by Crippen LogP contribution is -2.30. The van der Waals surface area contributed by atoms with Gasteiger partial charge in [-0.1, -0.05) is 261 Å². The quantitative estimate of drug-likeness (QED) is 0.0262. The molecule has 6 heteroatoms. The van der Waals surface area contributed by atoms with Crippen LogP contribution in [-0.2, 0) is 28.6 Å². The summed E-state index contributed by atoms with van der Waals surface area (Å²) in [5, 5.41) is 0. The van der Waals surface area contributed by atoms with Gasteiger partial charge in [0.2, 0.25) is 0 Å². The fourth-order valence-corrected chi connectivity index (χ4v) is 8.06. The summed E-state index contributed by atoms with van der Waals surface area (Å²) < 4.78 is 16.7. The summed E-state index contributed by atoms with van der Waals surface area (Å²) in [5.74, 6) is -0.875. The Morgan fingerprint density at radius 2 is 0.591 bits per heavy atom. The lowest BCUT2D eigenvalue weighted by atomic mass is 10.0. The SMILES string of the molecule is CC/C=C\C/C=C\C/C=C\C/C=C\C/C=C\CCCCCCCCCCCCCCCCCC(=O)OCC(COC(=O)CCCCCCC)OC(=O)CCCCCCCCCCCCCC. The molecule has 0 aromatic rings. The molecule has 0 saturated heterocycles. The van der Waals surface area contributed by atoms with Crippen molar-refractivity contribution in [2.75, 3.05) is 13.2 Å². The van der Waals surface area contributed by atoms with Crippen LogP contribution in [0.25, 0.3) is 0 Å². The number of esters is 3. The van der Waals surface area contributed by atoms with Gasteiger partial charge in [-0.3, -0.25) is 14.4 Å². The van der Waals surface area contributed by atoms with E-state index in [1.165, 1.54) is 148 Å². The normalized spacial score (nSPS) is 12.5. The van der Waals surface area contributed by atoms with Crippen molar-refractivity contribution in [2.45, 2.75) is 290 Å². The third-order valence-electron chi connectivity index (χ3n) is 12.3. The maximum atomic E-state index is 12.7. The molecule has 0 aliphatic heterocycles. The second-order valence-electron chi connectivity index (χ2n) is 18.8. The highest BCUT2D eigenvalue weighted by Gasteiger charge is 2.19. The summed E-state index contributed by atoms with van der Waals surface area (Å²) in [5.41, 5.74) is 0. The van der Waals surface area contributed by atoms with Crippen LogP contribution in [0, 0.1) is 0 Å². The van der Waals surface area contributed by atoms with Crippen molar-refractivity contribution in [3.05, 3.63) is 60.8 Å². The number of carbonyl (C=O) groups is 3. The second-order valence-corrected chi connectivity index (χ2v) is 18.8. The number of allylic oxidation sites excluding steroid dienone is 10. The van der Waals surface area contributed by atoms with Gasteiger partial charge >= 0.3 is 17.9 Å². The average Bonchev–Trinajstić information content (AvgIpc) is 3.31. The van der Waals surface area contributed by atoms with E-state index in [4.69, 9.17) is 14.2 Å². The molecule has 0 aromatic carbocycles. The predicted octanol–water partition coefficient (Wildman–Crippen LogP) is 18.8. The third-order valence-corrected chi connectivity index (χ3v) is 12.3. The molecule has 0 spiro atoms. The molecule has 0 aliphatic carbocycles. The van der Waals surface area contributed by atoms with E-state index < -0.39 is 6.10 Å². The molecule has 1 atom stereocenters. The summed E-state index contributed by atoms with van der Waals surface area (Å²) in [6.45, 7) is 6.45. The Bertz CT molecular complexity index is 1200. The van der Waals surface area contributed by atoms with E-state index >= 15 is 0 Å². The molecule has 0 aliphatic rings. The third kappa shape index (κ3) is 52.1. The summed E-state index contributed by atoms with van der Waals surface area (Å²) in [6.07, 6.45) is 68.4. The van der Waals surface area contributed by atoms with Gasteiger partial charge in [0.05, 0.1) is 0 Å². The van der Waals surface area contributed by atoms with E-state index in [1.807, 2.05) is 0 Å². The molecule has 0 heterocycles. The van der Waals surface area contributed by atoms with Crippen molar-refractivity contribution in [3.63, 3.8) is 0 Å². The molecular weight excluding hydrogens is 817 g/mol. The molecule has 6 nitrogen and oxygen atoms in total. The minimum Gasteiger partial charge on any atom is -0.462 e. The van der Waals surface area contributed by atoms with Gasteiger partial charge < -0.3 is 14.2 Å². The van der Waals surface area contributed by atoms with Crippen molar-refractivity contribution < 1.29 is 28.6 Å². The fourth-order valence-electron chi connectivity index (χ4n) is 8.06. The molecule has 66 heavy (non-hydrogen) atoms. The molecular formula is C60H106O6. The maximum Gasteiger partial charge on any atom is 0.306 e. The van der Waals surface area contributed by atoms with Crippen LogP contribution in [0.3, 0.4) is 0 Å². The first-order valence-corrected chi connectivity index (χ1v) is 28.3. The van der Waals surface area contributed by atoms with E-state index in [0.29, 0.717) is 19.3 Å². The van der Waals surface area contributed by atoms with Crippen molar-refractivity contribution >= 4 is 17.9 Å². The number of hydrogen-bond donors (Lipinski definition) is 0. The Morgan fingerprint density at radius 3 is 0.924 bits per heavy atom. The molecule has 0 saturated carbocycles. The van der Waals surface area contributed by atoms with E-state index in [-0.39, 0.29) is 31.1 Å². The number of carbonyl (C=O) groups excluding carboxylic acids is 3. The first-order chi connectivity index (χ1) is 32.5. The molecule has 0 amide bonds. The molecule has 0 radical (unpaired) electrons. The van der Waals surface area contributed by atoms with Gasteiger partial charge in [0.25, 0.3) is 0 Å². The average molecular weight is 924 g/mol. The molecule has 0 bridgehead atoms. The Hall–Kier alpha value is -2.89. The number of unbranched alkanes of at least 4 members (excludes halogenated alkanes) is 30. The zero-order valence-corrected chi connectivity index (χ0v) is 43.7. The topological polar surface area (TPSA) is 78.9 Å². The first-order valence-electron chi connectivity index (χ1n) is 28.3. The minimum atomic E-state index is -0.765. The first kappa shape index (κ1) is 63.1. The lowest BCUT2D eigenvalue weighted by molar-refractivity contribution is -0.167. The van der Waals surface area contributed by atoms with Crippen LogP contribution < -0.4 is 0 Å². The summed E-state index contributed by atoms with van der Waals surface area (Å²) >= 11 is 0. The van der Waals surface area contributed by atoms with Crippen molar-refractivity contribution in [2.24, 2.45) is 0 Å². The van der Waals surface area contributed by atoms with E-state index in [9.17, 15) is 14.4 Å². The van der Waals surface area contributed by atoms with Crippen LogP contribution in [0.4, 0.5) is 0 Å². The van der Waals surface area contributed by atoms with E-state index in [2.05, 4.69) is 81.5 Å². The highest BCUT2D eigenvalue weighted by Crippen LogP contribution is 2.16. The molecule has 0 aromatic heterocycles. The monoisotopic (exact) mass is 923 g/mol. The van der Waals surface area contributed by atoms with Gasteiger partial charge in [-0.15, -0.1) is 0 Å². The summed E-state index contributed by atoms with van der Waals surface area (Å²) in [4.78, 5) is 37.7. The van der Waals surface area contributed by atoms with Crippen molar-refractivity contribution in [3.8, 4) is 0 Å². The van der Waals surface area contributed by atoms with Gasteiger partial charge in [0.15, 0.2) is 6.10 Å². The highest BCUT2D eigenvalue weighted by atomic mass is 16.6. The number of ether oxygens (including phenoxy) is 3. The second kappa shape index (κ2) is 54.7. The lowest BCUT2D eigenvalue weighted by Gasteiger charge is -2.18. The molecule has 382 valence electrons. The van der Waals surface area contributed by atoms with E-state index in [1.54, 1.807) is 0 Å². The van der Waals surface area contributed by atoms with Gasteiger partial charge in [-0.25, -0.2) is 0 Å². The van der Waals surface area contributed by atoms with Gasteiger partial charge in [-0.2, -0.15) is 0 Å². The van der Waals surface area contributed by atoms with Gasteiger partial charge in [0, 0.05) is 19.3 Å².